The van der Waals surface area contributed by atoms with Crippen molar-refractivity contribution >= 4 is 5.97 Å². The van der Waals surface area contributed by atoms with Crippen molar-refractivity contribution in [1.82, 2.24) is 0 Å². The minimum absolute atomic E-state index is 0.394. The van der Waals surface area contributed by atoms with Gasteiger partial charge in [-0.2, -0.15) is 0 Å². The summed E-state index contributed by atoms with van der Waals surface area (Å²) in [6, 6.07) is 0. The summed E-state index contributed by atoms with van der Waals surface area (Å²) in [5.41, 5.74) is 0. The van der Waals surface area contributed by atoms with Crippen LogP contribution in [0.3, 0.4) is 0 Å². The monoisotopic (exact) mass is 396 g/mol. The average Bonchev–Trinajstić information content (AvgIpc) is 2.72. The van der Waals surface area contributed by atoms with Crippen LogP contribution in [0.15, 0.2) is 12.7 Å². The van der Waals surface area contributed by atoms with E-state index in [1.807, 2.05) is 0 Å². The van der Waals surface area contributed by atoms with Gasteiger partial charge in [0.15, 0.2) is 0 Å². The Labute approximate surface area is 177 Å². The number of carbonyl (C=O) groups excluding carboxylic acids is 1. The van der Waals surface area contributed by atoms with Gasteiger partial charge in [-0.1, -0.05) is 149 Å². The number of unbranched alkanes of at least 4 members (excludes halogenated alkanes) is 19. The van der Waals surface area contributed by atoms with Crippen LogP contribution in [0.4, 0.5) is 0 Å². The summed E-state index contributed by atoms with van der Waals surface area (Å²) in [4.78, 5) is 9.84. The van der Waals surface area contributed by atoms with Crippen LogP contribution >= 0.6 is 0 Å². The van der Waals surface area contributed by atoms with E-state index in [9.17, 15) is 4.79 Å². The molecule has 0 N–H and O–H groups in total. The molecule has 0 heterocycles. The Bertz CT molecular complexity index is 279. The number of hydrogen-bond donors (Lipinski definition) is 0. The lowest BCUT2D eigenvalue weighted by molar-refractivity contribution is -0.134. The molecule has 0 unspecified atom stereocenters. The van der Waals surface area contributed by atoms with E-state index in [1.165, 1.54) is 136 Å². The lowest BCUT2D eigenvalue weighted by Gasteiger charge is -2.03. The Kier molecular flexibility index (Phi) is 29.9. The third-order valence-corrected chi connectivity index (χ3v) is 5.32. The Hall–Kier alpha value is -0.790. The van der Waals surface area contributed by atoms with Crippen LogP contribution in [0, 0.1) is 0 Å². The Morgan fingerprint density at radius 1 is 0.571 bits per heavy atom. The molecule has 0 atom stereocenters. The minimum Gasteiger partial charge on any atom is -0.466 e. The zero-order valence-electron chi connectivity index (χ0n) is 19.7. The second kappa shape index (κ2) is 28.4. The largest absolute Gasteiger partial charge is 0.466 e. The van der Waals surface area contributed by atoms with Crippen molar-refractivity contribution in [3.63, 3.8) is 0 Å². The van der Waals surface area contributed by atoms with Crippen molar-refractivity contribution < 1.29 is 9.53 Å². The van der Waals surface area contributed by atoms with Gasteiger partial charge in [0.25, 0.3) is 0 Å². The third-order valence-electron chi connectivity index (χ3n) is 5.32. The van der Waals surface area contributed by atoms with Crippen LogP contribution < -0.4 is 0 Å². The highest BCUT2D eigenvalue weighted by molar-refractivity contribution is 5.80. The number of methoxy groups -OCH3 is 1. The van der Waals surface area contributed by atoms with E-state index in [-0.39, 0.29) is 0 Å². The molecule has 0 aliphatic carbocycles. The standard InChI is InChI=1S/C22H46.C4H6O2/c1-3-5-7-9-11-13-15-17-19-21-22-20-18-16-14-12-10-8-6-4-2;1-3-4(5)6-2/h3-22H2,1-2H3;3H,1H2,2H3. The summed E-state index contributed by atoms with van der Waals surface area (Å²) in [6.07, 6.45) is 30.5. The van der Waals surface area contributed by atoms with E-state index >= 15 is 0 Å². The smallest absolute Gasteiger partial charge is 0.329 e. The highest BCUT2D eigenvalue weighted by Gasteiger charge is 1.94. The zero-order valence-corrected chi connectivity index (χ0v) is 19.7. The highest BCUT2D eigenvalue weighted by atomic mass is 16.5. The van der Waals surface area contributed by atoms with Crippen molar-refractivity contribution in [3.8, 4) is 0 Å². The molecule has 0 radical (unpaired) electrons. The Balaban J connectivity index is 0. The summed E-state index contributed by atoms with van der Waals surface area (Å²) < 4.78 is 4.14. The number of carbonyl (C=O) groups is 1. The summed E-state index contributed by atoms with van der Waals surface area (Å²) >= 11 is 0. The lowest BCUT2D eigenvalue weighted by atomic mass is 10.0. The SMILES string of the molecule is C=CC(=O)OC.CCCCCCCCCCCCCCCCCCCCCC. The van der Waals surface area contributed by atoms with Gasteiger partial charge in [0.2, 0.25) is 0 Å². The van der Waals surface area contributed by atoms with Crippen LogP contribution in [0.5, 0.6) is 0 Å². The van der Waals surface area contributed by atoms with Gasteiger partial charge in [0.05, 0.1) is 7.11 Å². The van der Waals surface area contributed by atoms with Gasteiger partial charge in [-0.3, -0.25) is 0 Å². The van der Waals surface area contributed by atoms with E-state index in [0.717, 1.165) is 6.08 Å². The van der Waals surface area contributed by atoms with Gasteiger partial charge in [-0.05, 0) is 0 Å². The van der Waals surface area contributed by atoms with Gasteiger partial charge in [0, 0.05) is 6.08 Å². The Morgan fingerprint density at radius 2 is 0.786 bits per heavy atom. The maximum atomic E-state index is 9.84. The molecule has 0 aliphatic rings. The Morgan fingerprint density at radius 3 is 0.893 bits per heavy atom. The van der Waals surface area contributed by atoms with Gasteiger partial charge < -0.3 is 4.74 Å². The molecule has 2 heteroatoms. The van der Waals surface area contributed by atoms with Gasteiger partial charge in [0.1, 0.15) is 0 Å². The lowest BCUT2D eigenvalue weighted by Crippen LogP contribution is -1.91. The summed E-state index contributed by atoms with van der Waals surface area (Å²) in [6.45, 7) is 7.76. The first-order chi connectivity index (χ1) is 13.7. The van der Waals surface area contributed by atoms with E-state index in [0.29, 0.717) is 0 Å². The molecule has 168 valence electrons. The topological polar surface area (TPSA) is 26.3 Å². The molecule has 0 aromatic heterocycles. The molecule has 0 aliphatic heterocycles. The van der Waals surface area contributed by atoms with Crippen molar-refractivity contribution in [2.24, 2.45) is 0 Å². The zero-order chi connectivity index (χ0) is 21.1. The maximum absolute atomic E-state index is 9.84. The first-order valence-corrected chi connectivity index (χ1v) is 12.4. The van der Waals surface area contributed by atoms with Crippen LogP contribution in [0.25, 0.3) is 0 Å². The van der Waals surface area contributed by atoms with Crippen molar-refractivity contribution in [2.75, 3.05) is 7.11 Å². The summed E-state index contributed by atoms with van der Waals surface area (Å²) in [5, 5.41) is 0. The van der Waals surface area contributed by atoms with Crippen molar-refractivity contribution in [2.45, 2.75) is 142 Å². The predicted octanol–water partition coefficient (Wildman–Crippen LogP) is 9.17. The molecular weight excluding hydrogens is 344 g/mol. The molecule has 0 fully saturated rings. The highest BCUT2D eigenvalue weighted by Crippen LogP contribution is 2.14. The predicted molar refractivity (Wildman–Crippen MR) is 126 cm³/mol. The molecule has 0 aromatic rings. The second-order valence-corrected chi connectivity index (χ2v) is 8.09. The quantitative estimate of drug-likeness (QED) is 0.116. The van der Waals surface area contributed by atoms with Gasteiger partial charge in [-0.25, -0.2) is 4.79 Å². The first kappa shape index (κ1) is 29.4. The fourth-order valence-electron chi connectivity index (χ4n) is 3.41. The fourth-order valence-corrected chi connectivity index (χ4v) is 3.41. The van der Waals surface area contributed by atoms with E-state index < -0.39 is 5.97 Å². The molecule has 0 bridgehead atoms. The summed E-state index contributed by atoms with van der Waals surface area (Å²) in [7, 11) is 1.31. The molecule has 0 amide bonds. The fraction of sp³-hybridized carbons (Fsp3) is 0.885. The van der Waals surface area contributed by atoms with Crippen LogP contribution in [0.2, 0.25) is 0 Å². The number of rotatable bonds is 20. The molecule has 0 rings (SSSR count). The molecule has 0 aromatic carbocycles. The maximum Gasteiger partial charge on any atom is 0.329 e. The minimum atomic E-state index is -0.394. The molecule has 28 heavy (non-hydrogen) atoms. The summed E-state index contributed by atoms with van der Waals surface area (Å²) in [5.74, 6) is -0.394. The normalized spacial score (nSPS) is 10.2. The van der Waals surface area contributed by atoms with Crippen LogP contribution in [0.1, 0.15) is 142 Å². The van der Waals surface area contributed by atoms with Crippen LogP contribution in [-0.4, -0.2) is 13.1 Å². The molecule has 0 spiro atoms. The molecule has 2 nitrogen and oxygen atoms in total. The van der Waals surface area contributed by atoms with Crippen molar-refractivity contribution in [3.05, 3.63) is 12.7 Å². The number of esters is 1. The average molecular weight is 397 g/mol. The second-order valence-electron chi connectivity index (χ2n) is 8.09. The molecule has 0 saturated heterocycles. The van der Waals surface area contributed by atoms with E-state index in [2.05, 4.69) is 25.2 Å². The molecule has 0 saturated carbocycles. The van der Waals surface area contributed by atoms with Gasteiger partial charge >= 0.3 is 5.97 Å². The van der Waals surface area contributed by atoms with E-state index in [1.54, 1.807) is 0 Å². The third kappa shape index (κ3) is 30.0. The van der Waals surface area contributed by atoms with Gasteiger partial charge in [-0.15, -0.1) is 0 Å². The first-order valence-electron chi connectivity index (χ1n) is 12.4. The number of hydrogen-bond acceptors (Lipinski definition) is 2. The van der Waals surface area contributed by atoms with Crippen LogP contribution in [-0.2, 0) is 9.53 Å². The number of ether oxygens (including phenoxy) is 1. The van der Waals surface area contributed by atoms with Crippen molar-refractivity contribution in [1.29, 1.82) is 0 Å². The van der Waals surface area contributed by atoms with E-state index in [4.69, 9.17) is 0 Å². The molecular formula is C26H52O2.